The van der Waals surface area contributed by atoms with Crippen LogP contribution in [0.5, 0.6) is 0 Å². The van der Waals surface area contributed by atoms with Gasteiger partial charge in [-0.15, -0.1) is 0 Å². The number of hydrogen-bond donors (Lipinski definition) is 0. The van der Waals surface area contributed by atoms with E-state index in [0.29, 0.717) is 6.42 Å². The molecule has 0 aliphatic heterocycles. The van der Waals surface area contributed by atoms with Gasteiger partial charge in [-0.25, -0.2) is 0 Å². The van der Waals surface area contributed by atoms with Gasteiger partial charge in [0.05, 0.1) is 7.11 Å². The minimum Gasteiger partial charge on any atom is -0.468 e. The molecule has 0 aromatic carbocycles. The lowest BCUT2D eigenvalue weighted by atomic mass is 10.1. The van der Waals surface area contributed by atoms with E-state index in [0.717, 1.165) is 0 Å². The van der Waals surface area contributed by atoms with E-state index in [1.165, 1.54) is 7.11 Å². The summed E-state index contributed by atoms with van der Waals surface area (Å²) in [5, 5.41) is 0. The molecule has 51 valence electrons. The topological polar surface area (TPSA) is 43.4 Å². The third-order valence-corrected chi connectivity index (χ3v) is 1.04. The van der Waals surface area contributed by atoms with Gasteiger partial charge in [-0.2, -0.15) is 0 Å². The Morgan fingerprint density at radius 1 is 1.78 bits per heavy atom. The number of methoxy groups -OCH3 is 1. The number of esters is 1. The van der Waals surface area contributed by atoms with E-state index in [1.54, 1.807) is 13.2 Å². The molecule has 9 heavy (non-hydrogen) atoms. The van der Waals surface area contributed by atoms with Gasteiger partial charge >= 0.3 is 5.97 Å². The largest absolute Gasteiger partial charge is 0.468 e. The number of ether oxygens (including phenoxy) is 1. The molecular weight excluding hydrogens is 120 g/mol. The molecule has 0 N–H and O–H groups in total. The van der Waals surface area contributed by atoms with Crippen LogP contribution in [-0.2, 0) is 14.3 Å². The van der Waals surface area contributed by atoms with Crippen molar-refractivity contribution < 1.29 is 14.3 Å². The molecule has 0 heterocycles. The van der Waals surface area contributed by atoms with E-state index in [1.807, 2.05) is 0 Å². The molecule has 1 unspecified atom stereocenters. The van der Waals surface area contributed by atoms with Crippen LogP contribution in [-0.4, -0.2) is 19.4 Å². The molecule has 0 bridgehead atoms. The van der Waals surface area contributed by atoms with Crippen molar-refractivity contribution in [1.29, 1.82) is 0 Å². The summed E-state index contributed by atoms with van der Waals surface area (Å²) >= 11 is 0. The molecule has 0 saturated heterocycles. The molecule has 3 heteroatoms. The van der Waals surface area contributed by atoms with Crippen LogP contribution in [0.1, 0.15) is 13.3 Å². The lowest BCUT2D eigenvalue weighted by Crippen LogP contribution is -2.15. The molecule has 1 radical (unpaired) electrons. The normalized spacial score (nSPS) is 12.2. The number of rotatable bonds is 3. The van der Waals surface area contributed by atoms with Crippen molar-refractivity contribution in [2.24, 2.45) is 5.92 Å². The Hall–Kier alpha value is -0.860. The fraction of sp³-hybridized carbons (Fsp3) is 0.667. The second-order valence-electron chi connectivity index (χ2n) is 1.60. The summed E-state index contributed by atoms with van der Waals surface area (Å²) in [5.74, 6) is -1.21. The Kier molecular flexibility index (Phi) is 3.67. The van der Waals surface area contributed by atoms with Crippen LogP contribution in [0, 0.1) is 5.92 Å². The monoisotopic (exact) mass is 129 g/mol. The lowest BCUT2D eigenvalue weighted by molar-refractivity contribution is -0.143. The molecule has 0 aliphatic rings. The van der Waals surface area contributed by atoms with Gasteiger partial charge in [0, 0.05) is 0 Å². The van der Waals surface area contributed by atoms with Gasteiger partial charge in [0.2, 0.25) is 6.29 Å². The maximum Gasteiger partial charge on any atom is 0.316 e. The summed E-state index contributed by atoms with van der Waals surface area (Å²) in [6.45, 7) is 1.73. The molecular formula is C6H9O3. The van der Waals surface area contributed by atoms with Crippen molar-refractivity contribution in [2.45, 2.75) is 13.3 Å². The summed E-state index contributed by atoms with van der Waals surface area (Å²) in [4.78, 5) is 20.4. The first-order chi connectivity index (χ1) is 4.26. The summed E-state index contributed by atoms with van der Waals surface area (Å²) in [7, 11) is 1.25. The molecule has 3 nitrogen and oxygen atoms in total. The highest BCUT2D eigenvalue weighted by molar-refractivity contribution is 5.87. The number of carbonyl (C=O) groups is 1. The van der Waals surface area contributed by atoms with Gasteiger partial charge in [-0.3, -0.25) is 9.59 Å². The quantitative estimate of drug-likeness (QED) is 0.406. The molecule has 0 fully saturated rings. The smallest absolute Gasteiger partial charge is 0.316 e. The Balaban J connectivity index is 3.78. The molecule has 0 rings (SSSR count). The van der Waals surface area contributed by atoms with Crippen LogP contribution in [0.25, 0.3) is 0 Å². The van der Waals surface area contributed by atoms with Gasteiger partial charge in [-0.05, 0) is 6.42 Å². The number of carbonyl (C=O) groups excluding carboxylic acids is 2. The predicted molar refractivity (Wildman–Crippen MR) is 31.5 cm³/mol. The Labute approximate surface area is 54.0 Å². The molecule has 1 atom stereocenters. The Morgan fingerprint density at radius 3 is 2.44 bits per heavy atom. The molecule has 0 aromatic rings. The van der Waals surface area contributed by atoms with Crippen LogP contribution < -0.4 is 0 Å². The first-order valence-electron chi connectivity index (χ1n) is 2.71. The second-order valence-corrected chi connectivity index (χ2v) is 1.60. The predicted octanol–water partition coefficient (Wildman–Crippen LogP) is 0.295. The highest BCUT2D eigenvalue weighted by Crippen LogP contribution is 1.99. The van der Waals surface area contributed by atoms with E-state index in [2.05, 4.69) is 4.74 Å². The molecule has 0 amide bonds. The van der Waals surface area contributed by atoms with Gasteiger partial charge in [0.15, 0.2) is 0 Å². The van der Waals surface area contributed by atoms with E-state index >= 15 is 0 Å². The summed E-state index contributed by atoms with van der Waals surface area (Å²) in [5.41, 5.74) is 0. The highest BCUT2D eigenvalue weighted by atomic mass is 16.5. The van der Waals surface area contributed by atoms with Crippen molar-refractivity contribution in [1.82, 2.24) is 0 Å². The standard InChI is InChI=1S/C6H9O3/c1-3-5(4-7)6(8)9-2/h5H,3H2,1-2H3. The minimum atomic E-state index is -0.699. The zero-order valence-corrected chi connectivity index (χ0v) is 5.51. The van der Waals surface area contributed by atoms with Crippen molar-refractivity contribution >= 4 is 12.3 Å². The van der Waals surface area contributed by atoms with Crippen LogP contribution >= 0.6 is 0 Å². The minimum absolute atomic E-state index is 0.455. The third kappa shape index (κ3) is 2.26. The first-order valence-corrected chi connectivity index (χ1v) is 2.71. The van der Waals surface area contributed by atoms with E-state index in [4.69, 9.17) is 0 Å². The fourth-order valence-electron chi connectivity index (χ4n) is 0.440. The van der Waals surface area contributed by atoms with Crippen molar-refractivity contribution in [3.05, 3.63) is 0 Å². The van der Waals surface area contributed by atoms with Crippen LogP contribution in [0.15, 0.2) is 0 Å². The van der Waals surface area contributed by atoms with E-state index in [-0.39, 0.29) is 0 Å². The lowest BCUT2D eigenvalue weighted by Gasteiger charge is -2.00. The summed E-state index contributed by atoms with van der Waals surface area (Å²) in [6.07, 6.45) is 2.03. The van der Waals surface area contributed by atoms with E-state index in [9.17, 15) is 9.59 Å². The van der Waals surface area contributed by atoms with Gasteiger partial charge in [0.25, 0.3) is 0 Å². The zero-order valence-electron chi connectivity index (χ0n) is 5.51. The highest BCUT2D eigenvalue weighted by Gasteiger charge is 2.15. The van der Waals surface area contributed by atoms with E-state index < -0.39 is 11.9 Å². The van der Waals surface area contributed by atoms with Gasteiger partial charge in [0.1, 0.15) is 5.92 Å². The van der Waals surface area contributed by atoms with Gasteiger partial charge in [-0.1, -0.05) is 6.92 Å². The van der Waals surface area contributed by atoms with Crippen LogP contribution in [0.2, 0.25) is 0 Å². The maximum absolute atomic E-state index is 10.5. The molecule has 0 aromatic heterocycles. The first kappa shape index (κ1) is 8.14. The van der Waals surface area contributed by atoms with Gasteiger partial charge < -0.3 is 4.74 Å². The molecule has 0 aliphatic carbocycles. The zero-order chi connectivity index (χ0) is 7.28. The molecule has 0 spiro atoms. The van der Waals surface area contributed by atoms with Crippen molar-refractivity contribution in [3.8, 4) is 0 Å². The third-order valence-electron chi connectivity index (χ3n) is 1.04. The van der Waals surface area contributed by atoms with Crippen molar-refractivity contribution in [3.63, 3.8) is 0 Å². The van der Waals surface area contributed by atoms with Crippen LogP contribution in [0.3, 0.4) is 0 Å². The summed E-state index contributed by atoms with van der Waals surface area (Å²) < 4.78 is 4.29. The maximum atomic E-state index is 10.5. The Morgan fingerprint density at radius 2 is 2.33 bits per heavy atom. The average molecular weight is 129 g/mol. The Bertz CT molecular complexity index is 109. The van der Waals surface area contributed by atoms with Crippen LogP contribution in [0.4, 0.5) is 0 Å². The molecule has 0 saturated carbocycles. The SMILES string of the molecule is CCC([C]=O)C(=O)OC. The van der Waals surface area contributed by atoms with Crippen molar-refractivity contribution in [2.75, 3.05) is 7.11 Å². The number of hydrogen-bond acceptors (Lipinski definition) is 3. The second kappa shape index (κ2) is 4.06. The fourth-order valence-corrected chi connectivity index (χ4v) is 0.440. The summed E-state index contributed by atoms with van der Waals surface area (Å²) in [6, 6.07) is 0. The average Bonchev–Trinajstić information content (AvgIpc) is 1.90.